The first-order valence-corrected chi connectivity index (χ1v) is 23.1. The van der Waals surface area contributed by atoms with Crippen LogP contribution in [-0.2, 0) is 51.7 Å². The molecule has 3 rings (SSSR count). The van der Waals surface area contributed by atoms with Gasteiger partial charge in [-0.3, -0.25) is 18.7 Å². The predicted molar refractivity (Wildman–Crippen MR) is 246 cm³/mol. The molecule has 0 saturated carbocycles. The third kappa shape index (κ3) is 18.1. The molecule has 0 saturated heterocycles. The maximum atomic E-state index is 14.1. The van der Waals surface area contributed by atoms with Gasteiger partial charge in [-0.05, 0) is 89.3 Å². The van der Waals surface area contributed by atoms with E-state index in [1.165, 1.54) is 32.4 Å². The summed E-state index contributed by atoms with van der Waals surface area (Å²) in [7, 11) is -1.31. The number of aliphatic hydroxyl groups is 1. The van der Waals surface area contributed by atoms with Crippen LogP contribution in [0, 0.1) is 5.92 Å². The molecule has 0 bridgehead atoms. The summed E-state index contributed by atoms with van der Waals surface area (Å²) in [5.74, 6) is -3.05. The fourth-order valence-corrected chi connectivity index (χ4v) is 6.75. The predicted octanol–water partition coefficient (Wildman–Crippen LogP) is 5.16. The molecule has 0 aliphatic heterocycles. The van der Waals surface area contributed by atoms with E-state index in [1.807, 2.05) is 42.5 Å². The van der Waals surface area contributed by atoms with Gasteiger partial charge in [0.1, 0.15) is 23.3 Å². The molecule has 3 aromatic carbocycles. The van der Waals surface area contributed by atoms with E-state index in [2.05, 4.69) is 21.3 Å². The molecule has 65 heavy (non-hydrogen) atoms. The van der Waals surface area contributed by atoms with Crippen molar-refractivity contribution >= 4 is 45.5 Å². The van der Waals surface area contributed by atoms with Gasteiger partial charge in [0.05, 0.1) is 48.9 Å². The van der Waals surface area contributed by atoms with Crippen molar-refractivity contribution in [1.29, 1.82) is 0 Å². The van der Waals surface area contributed by atoms with Gasteiger partial charge < -0.3 is 45.3 Å². The van der Waals surface area contributed by atoms with E-state index < -0.39 is 81.3 Å². The van der Waals surface area contributed by atoms with Crippen LogP contribution in [0.4, 0.5) is 10.5 Å². The van der Waals surface area contributed by atoms with Crippen LogP contribution in [0.1, 0.15) is 112 Å². The largest absolute Gasteiger partial charge is 0.456 e. The molecule has 4 amide bonds. The van der Waals surface area contributed by atoms with Gasteiger partial charge in [-0.1, -0.05) is 68.4 Å². The summed E-state index contributed by atoms with van der Waals surface area (Å²) in [5.41, 5.74) is 0.463. The Labute approximate surface area is 383 Å². The van der Waals surface area contributed by atoms with Crippen molar-refractivity contribution in [2.75, 3.05) is 31.3 Å². The van der Waals surface area contributed by atoms with Crippen molar-refractivity contribution in [3.63, 3.8) is 0 Å². The second-order valence-corrected chi connectivity index (χ2v) is 20.2. The SMILES string of the molecule is CO[C@H](C[C@H](O)[C@H](COCc1cccc(C(C)NC(=O)OC(C)(C)C)c1)NC(=O)c1cc(C(=O)OC(C)(C)C)cc(N(C)S(C)(=O)=O)c1)C(=O)N[C@H](C(=O)NCc1ccccc1)C(C)C. The van der Waals surface area contributed by atoms with E-state index in [-0.39, 0.29) is 48.9 Å². The Balaban J connectivity index is 1.91. The number of nitrogens with one attached hydrogen (secondary N) is 4. The molecular weight excluding hydrogens is 859 g/mol. The number of carbonyl (C=O) groups is 5. The van der Waals surface area contributed by atoms with Crippen LogP contribution >= 0.6 is 0 Å². The molecule has 0 spiro atoms. The first kappa shape index (κ1) is 53.8. The molecule has 5 N–H and O–H groups in total. The number of benzene rings is 3. The van der Waals surface area contributed by atoms with Gasteiger partial charge in [-0.2, -0.15) is 0 Å². The Morgan fingerprint density at radius 3 is 1.97 bits per heavy atom. The average Bonchev–Trinajstić information content (AvgIpc) is 3.21. The molecule has 358 valence electrons. The second kappa shape index (κ2) is 23.6. The first-order chi connectivity index (χ1) is 30.2. The van der Waals surface area contributed by atoms with Crippen molar-refractivity contribution in [2.24, 2.45) is 5.92 Å². The van der Waals surface area contributed by atoms with Crippen molar-refractivity contribution in [3.05, 3.63) is 101 Å². The Hall–Kier alpha value is -5.56. The maximum absolute atomic E-state index is 14.1. The Morgan fingerprint density at radius 2 is 1.38 bits per heavy atom. The van der Waals surface area contributed by atoms with Crippen molar-refractivity contribution in [3.8, 4) is 0 Å². The number of nitrogens with zero attached hydrogens (tertiary/aromatic N) is 1. The minimum Gasteiger partial charge on any atom is -0.456 e. The number of sulfonamides is 1. The third-order valence-electron chi connectivity index (χ3n) is 9.80. The molecule has 18 heteroatoms. The average molecular weight is 926 g/mol. The molecule has 0 aliphatic rings. The van der Waals surface area contributed by atoms with Crippen molar-refractivity contribution in [1.82, 2.24) is 21.3 Å². The molecule has 0 aliphatic carbocycles. The van der Waals surface area contributed by atoms with E-state index in [0.29, 0.717) is 5.56 Å². The van der Waals surface area contributed by atoms with Gasteiger partial charge in [0.2, 0.25) is 21.8 Å². The number of rotatable bonds is 21. The number of esters is 1. The highest BCUT2D eigenvalue weighted by Crippen LogP contribution is 2.24. The number of amides is 4. The summed E-state index contributed by atoms with van der Waals surface area (Å²) in [5, 5.41) is 22.9. The number of hydrogen-bond acceptors (Lipinski definition) is 12. The van der Waals surface area contributed by atoms with Crippen molar-refractivity contribution in [2.45, 2.75) is 123 Å². The first-order valence-electron chi connectivity index (χ1n) is 21.3. The number of carbonyl (C=O) groups excluding carboxylic acids is 5. The molecule has 0 heterocycles. The standard InChI is InChI=1S/C47H67N5O12S/c1-29(2)40(43(56)48-26-31-17-14-13-15-18-31)51-42(55)39(61-11)25-38(53)37(28-62-27-32-19-16-20-33(21-32)30(3)49-45(58)64-47(7,8)9)50-41(54)34-22-35(44(57)63-46(4,5)6)24-36(23-34)52(10)65(12,59)60/h13-24,29-30,37-40,53H,25-28H2,1-12H3,(H,48,56)(H,49,58)(H,50,54)(H,51,55)/t30?,37-,38-,39+,40-/m0/s1. The maximum Gasteiger partial charge on any atom is 0.408 e. The van der Waals surface area contributed by atoms with Crippen LogP contribution in [0.2, 0.25) is 0 Å². The van der Waals surface area contributed by atoms with Crippen molar-refractivity contribution < 1.29 is 56.4 Å². The highest BCUT2D eigenvalue weighted by molar-refractivity contribution is 7.92. The highest BCUT2D eigenvalue weighted by atomic mass is 32.2. The summed E-state index contributed by atoms with van der Waals surface area (Å²) in [6, 6.07) is 17.7. The lowest BCUT2D eigenvalue weighted by Crippen LogP contribution is -2.54. The van der Waals surface area contributed by atoms with E-state index in [4.69, 9.17) is 18.9 Å². The zero-order valence-corrected chi connectivity index (χ0v) is 40.3. The van der Waals surface area contributed by atoms with Crippen LogP contribution in [0.3, 0.4) is 0 Å². The van der Waals surface area contributed by atoms with Crippen LogP contribution in [-0.4, -0.2) is 106 Å². The number of hydrogen-bond donors (Lipinski definition) is 5. The van der Waals surface area contributed by atoms with Gasteiger partial charge in [0.25, 0.3) is 5.91 Å². The molecule has 0 radical (unpaired) electrons. The smallest absolute Gasteiger partial charge is 0.408 e. The van der Waals surface area contributed by atoms with Gasteiger partial charge >= 0.3 is 12.1 Å². The molecule has 17 nitrogen and oxygen atoms in total. The topological polar surface area (TPSA) is 228 Å². The minimum atomic E-state index is -3.85. The summed E-state index contributed by atoms with van der Waals surface area (Å²) in [6.07, 6.45) is -2.78. The molecule has 0 fully saturated rings. The summed E-state index contributed by atoms with van der Waals surface area (Å²) in [6.45, 7) is 15.5. The second-order valence-electron chi connectivity index (χ2n) is 18.2. The van der Waals surface area contributed by atoms with E-state index in [0.717, 1.165) is 21.7 Å². The van der Waals surface area contributed by atoms with E-state index in [1.54, 1.807) is 74.4 Å². The van der Waals surface area contributed by atoms with E-state index >= 15 is 0 Å². The zero-order chi connectivity index (χ0) is 48.9. The summed E-state index contributed by atoms with van der Waals surface area (Å²) >= 11 is 0. The van der Waals surface area contributed by atoms with Crippen LogP contribution in [0.15, 0.2) is 72.8 Å². The molecule has 0 aromatic heterocycles. The molecular formula is C47H67N5O12S. The van der Waals surface area contributed by atoms with E-state index in [9.17, 15) is 37.5 Å². The lowest BCUT2D eigenvalue weighted by Gasteiger charge is -2.28. The highest BCUT2D eigenvalue weighted by Gasteiger charge is 2.33. The Morgan fingerprint density at radius 1 is 0.769 bits per heavy atom. The number of ether oxygens (including phenoxy) is 4. The Kier molecular flexibility index (Phi) is 19.5. The van der Waals surface area contributed by atoms with Gasteiger partial charge in [-0.15, -0.1) is 0 Å². The number of alkyl carbamates (subject to hydrolysis) is 1. The monoisotopic (exact) mass is 925 g/mol. The number of aliphatic hydroxyl groups excluding tert-OH is 1. The lowest BCUT2D eigenvalue weighted by molar-refractivity contribution is -0.137. The number of anilines is 1. The summed E-state index contributed by atoms with van der Waals surface area (Å²) in [4.78, 5) is 66.8. The zero-order valence-electron chi connectivity index (χ0n) is 39.5. The lowest BCUT2D eigenvalue weighted by atomic mass is 10.0. The summed E-state index contributed by atoms with van der Waals surface area (Å²) < 4.78 is 48.5. The third-order valence-corrected chi connectivity index (χ3v) is 11.0. The van der Waals surface area contributed by atoms with Crippen LogP contribution in [0.25, 0.3) is 0 Å². The van der Waals surface area contributed by atoms with Gasteiger partial charge in [0, 0.05) is 32.7 Å². The molecule has 3 aromatic rings. The normalized spacial score (nSPS) is 14.2. The van der Waals surface area contributed by atoms with Crippen LogP contribution in [0.5, 0.6) is 0 Å². The van der Waals surface area contributed by atoms with Crippen LogP contribution < -0.4 is 25.6 Å². The van der Waals surface area contributed by atoms with Gasteiger partial charge in [0.15, 0.2) is 0 Å². The van der Waals surface area contributed by atoms with Gasteiger partial charge in [-0.25, -0.2) is 18.0 Å². The Bertz CT molecular complexity index is 2210. The fourth-order valence-electron chi connectivity index (χ4n) is 6.26. The number of methoxy groups -OCH3 is 1. The quantitative estimate of drug-likeness (QED) is 0.0874. The molecule has 5 atom stereocenters. The molecule has 1 unspecified atom stereocenters. The minimum absolute atomic E-state index is 0.00624. The fraction of sp³-hybridized carbons (Fsp3) is 0.511.